The summed E-state index contributed by atoms with van der Waals surface area (Å²) in [4.78, 5) is 22.5. The van der Waals surface area contributed by atoms with Gasteiger partial charge in [0.05, 0.1) is 6.61 Å². The van der Waals surface area contributed by atoms with Crippen LogP contribution in [0.15, 0.2) is 24.3 Å². The third kappa shape index (κ3) is 21.2. The highest BCUT2D eigenvalue weighted by Gasteiger charge is 2.04. The van der Waals surface area contributed by atoms with E-state index in [9.17, 15) is 9.59 Å². The maximum atomic E-state index is 11.5. The average molecular weight is 382 g/mol. The minimum atomic E-state index is -1.74. The van der Waals surface area contributed by atoms with Crippen LogP contribution < -0.4 is 0 Å². The van der Waals surface area contributed by atoms with Crippen molar-refractivity contribution in [2.45, 2.75) is 103 Å². The molecule has 0 rings (SSSR count). The Kier molecular flexibility index (Phi) is 19.8. The van der Waals surface area contributed by atoms with E-state index in [4.69, 9.17) is 4.74 Å². The van der Waals surface area contributed by atoms with Crippen molar-refractivity contribution in [3.63, 3.8) is 0 Å². The number of allylic oxidation sites excluding steroid dienone is 4. The molecule has 0 aliphatic heterocycles. The van der Waals surface area contributed by atoms with Crippen molar-refractivity contribution in [2.75, 3.05) is 6.61 Å². The van der Waals surface area contributed by atoms with E-state index < -0.39 is 9.04 Å². The minimum absolute atomic E-state index is 0.101. The Hall–Kier alpha value is -0.873. The summed E-state index contributed by atoms with van der Waals surface area (Å²) in [5.41, 5.74) is 0. The molecule has 4 heteroatoms. The van der Waals surface area contributed by atoms with Crippen LogP contribution in [0.5, 0.6) is 0 Å². The Morgan fingerprint density at radius 2 is 1.46 bits per heavy atom. The summed E-state index contributed by atoms with van der Waals surface area (Å²) in [6.45, 7) is 4.45. The number of unbranched alkanes of at least 4 members (excludes halogenated alkanes) is 8. The quantitative estimate of drug-likeness (QED) is 0.117. The number of hydrogen-bond donors (Lipinski definition) is 0. The molecule has 26 heavy (non-hydrogen) atoms. The average Bonchev–Trinajstić information content (AvgIpc) is 2.62. The Bertz CT molecular complexity index is 364. The van der Waals surface area contributed by atoms with E-state index in [1.807, 2.05) is 0 Å². The van der Waals surface area contributed by atoms with Gasteiger partial charge in [-0.2, -0.15) is 0 Å². The number of hydrogen-bond acceptors (Lipinski definition) is 2. The molecule has 0 N–H and O–H groups in total. The highest BCUT2D eigenvalue weighted by molar-refractivity contribution is 6.48. The van der Waals surface area contributed by atoms with E-state index in [0.29, 0.717) is 13.0 Å². The molecule has 0 spiro atoms. The number of carbonyl (C=O) groups excluding carboxylic acids is 1. The molecule has 0 aliphatic carbocycles. The van der Waals surface area contributed by atoms with Gasteiger partial charge in [-0.25, -0.2) is 0 Å². The monoisotopic (exact) mass is 381 g/mol. The van der Waals surface area contributed by atoms with Crippen molar-refractivity contribution >= 4 is 15.0 Å². The molecule has 0 fully saturated rings. The fourth-order valence-electron chi connectivity index (χ4n) is 2.71. The molecule has 0 heterocycles. The lowest BCUT2D eigenvalue weighted by atomic mass is 10.1. The molecule has 1 atom stereocenters. The van der Waals surface area contributed by atoms with Gasteiger partial charge in [0.2, 0.25) is 9.04 Å². The normalized spacial score (nSPS) is 12.9. The van der Waals surface area contributed by atoms with Crippen LogP contribution in [0.1, 0.15) is 90.4 Å². The standard InChI is InChI=1S/C22H41O3Si/c1-3-4-5-6-7-8-9-10-11-12-13-14-15-16-17-19-22(23)25-20-18-21-26(2)24/h7-8,10-11,26H,3-6,9,12-21H2,1-2H3/b8-7-,11-10-. The molecule has 1 radical (unpaired) electrons. The molecule has 0 saturated heterocycles. The van der Waals surface area contributed by atoms with Crippen LogP contribution in [0.3, 0.4) is 0 Å². The van der Waals surface area contributed by atoms with Crippen molar-refractivity contribution in [3.8, 4) is 0 Å². The van der Waals surface area contributed by atoms with E-state index in [0.717, 1.165) is 38.1 Å². The van der Waals surface area contributed by atoms with Crippen molar-refractivity contribution in [1.29, 1.82) is 0 Å². The van der Waals surface area contributed by atoms with E-state index in [1.54, 1.807) is 6.55 Å². The van der Waals surface area contributed by atoms with Gasteiger partial charge in [-0.15, -0.1) is 0 Å². The SMILES string of the molecule is CCCCC/C=C\C/C=C\CCCCCCCC(=O)OCCC[SiH](C)[O]. The highest BCUT2D eigenvalue weighted by Crippen LogP contribution is 2.09. The van der Waals surface area contributed by atoms with Gasteiger partial charge in [0.15, 0.2) is 0 Å². The van der Waals surface area contributed by atoms with Gasteiger partial charge in [-0.05, 0) is 57.5 Å². The van der Waals surface area contributed by atoms with Gasteiger partial charge >= 0.3 is 5.97 Å². The number of esters is 1. The Morgan fingerprint density at radius 3 is 2.12 bits per heavy atom. The van der Waals surface area contributed by atoms with Crippen LogP contribution in [-0.4, -0.2) is 21.6 Å². The third-order valence-electron chi connectivity index (χ3n) is 4.35. The molecule has 3 nitrogen and oxygen atoms in total. The molecule has 0 aromatic rings. The summed E-state index contributed by atoms with van der Waals surface area (Å²) in [5, 5.41) is 0. The molecular weight excluding hydrogens is 340 g/mol. The van der Waals surface area contributed by atoms with Gasteiger partial charge < -0.3 is 9.53 Å². The Labute approximate surface area is 163 Å². The van der Waals surface area contributed by atoms with E-state index in [2.05, 4.69) is 31.2 Å². The minimum Gasteiger partial charge on any atom is -0.466 e. The summed E-state index contributed by atoms with van der Waals surface area (Å²) in [7, 11) is -1.74. The van der Waals surface area contributed by atoms with Gasteiger partial charge in [0.1, 0.15) is 0 Å². The van der Waals surface area contributed by atoms with Gasteiger partial charge in [0, 0.05) is 6.42 Å². The maximum absolute atomic E-state index is 11.5. The summed E-state index contributed by atoms with van der Waals surface area (Å²) >= 11 is 0. The zero-order chi connectivity index (χ0) is 19.3. The molecule has 0 amide bonds. The van der Waals surface area contributed by atoms with Crippen LogP contribution in [0.2, 0.25) is 12.6 Å². The first-order valence-electron chi connectivity index (χ1n) is 10.8. The molecule has 151 valence electrons. The molecular formula is C22H41O3Si. The lowest BCUT2D eigenvalue weighted by molar-refractivity contribution is -0.143. The molecule has 0 aromatic heterocycles. The van der Waals surface area contributed by atoms with Gasteiger partial charge in [-0.3, -0.25) is 4.79 Å². The summed E-state index contributed by atoms with van der Waals surface area (Å²) < 4.78 is 5.14. The van der Waals surface area contributed by atoms with E-state index in [1.165, 1.54) is 44.9 Å². The van der Waals surface area contributed by atoms with Crippen LogP contribution in [0.25, 0.3) is 0 Å². The van der Waals surface area contributed by atoms with Crippen LogP contribution in [-0.2, 0) is 14.3 Å². The first-order valence-corrected chi connectivity index (χ1v) is 13.2. The Morgan fingerprint density at radius 1 is 0.846 bits per heavy atom. The van der Waals surface area contributed by atoms with Crippen molar-refractivity contribution in [3.05, 3.63) is 24.3 Å². The predicted octanol–water partition coefficient (Wildman–Crippen LogP) is 6.52. The lowest BCUT2D eigenvalue weighted by Crippen LogP contribution is -2.09. The summed E-state index contributed by atoms with van der Waals surface area (Å²) in [6.07, 6.45) is 23.5. The fourth-order valence-corrected chi connectivity index (χ4v) is 3.45. The van der Waals surface area contributed by atoms with Crippen molar-refractivity contribution in [1.82, 2.24) is 0 Å². The van der Waals surface area contributed by atoms with Crippen LogP contribution in [0.4, 0.5) is 0 Å². The first kappa shape index (κ1) is 25.1. The smallest absolute Gasteiger partial charge is 0.305 e. The van der Waals surface area contributed by atoms with Crippen molar-refractivity contribution < 1.29 is 14.3 Å². The Balaban J connectivity index is 3.27. The highest BCUT2D eigenvalue weighted by atomic mass is 28.3. The summed E-state index contributed by atoms with van der Waals surface area (Å²) in [6, 6.07) is 0.719. The van der Waals surface area contributed by atoms with E-state index in [-0.39, 0.29) is 5.97 Å². The fraction of sp³-hybridized carbons (Fsp3) is 0.773. The first-order chi connectivity index (χ1) is 12.7. The molecule has 0 saturated carbocycles. The van der Waals surface area contributed by atoms with Crippen molar-refractivity contribution in [2.24, 2.45) is 0 Å². The van der Waals surface area contributed by atoms with Crippen LogP contribution in [0, 0.1) is 0 Å². The zero-order valence-electron chi connectivity index (χ0n) is 17.2. The maximum Gasteiger partial charge on any atom is 0.305 e. The molecule has 1 unspecified atom stereocenters. The third-order valence-corrected chi connectivity index (χ3v) is 5.57. The van der Waals surface area contributed by atoms with Crippen LogP contribution >= 0.6 is 0 Å². The largest absolute Gasteiger partial charge is 0.466 e. The van der Waals surface area contributed by atoms with Gasteiger partial charge in [0.25, 0.3) is 0 Å². The second-order valence-electron chi connectivity index (χ2n) is 7.15. The molecule has 0 aromatic carbocycles. The van der Waals surface area contributed by atoms with Gasteiger partial charge in [-0.1, -0.05) is 63.3 Å². The summed E-state index contributed by atoms with van der Waals surface area (Å²) in [5.74, 6) is -0.101. The number of ether oxygens (including phenoxy) is 1. The topological polar surface area (TPSA) is 46.2 Å². The molecule has 0 aliphatic rings. The van der Waals surface area contributed by atoms with E-state index >= 15 is 0 Å². The zero-order valence-corrected chi connectivity index (χ0v) is 18.4. The lowest BCUT2D eigenvalue weighted by Gasteiger charge is -2.05. The molecule has 0 bridgehead atoms. The number of rotatable bonds is 18. The number of carbonyl (C=O) groups is 1. The second-order valence-corrected chi connectivity index (χ2v) is 9.35. The second kappa shape index (κ2) is 20.4. The predicted molar refractivity (Wildman–Crippen MR) is 113 cm³/mol.